The minimum absolute atomic E-state index is 0.226. The van der Waals surface area contributed by atoms with Crippen LogP contribution in [0.2, 0.25) is 0 Å². The average molecular weight is 277 g/mol. The highest BCUT2D eigenvalue weighted by atomic mass is 19.1. The first-order valence-electron chi connectivity index (χ1n) is 6.63. The van der Waals surface area contributed by atoms with Crippen LogP contribution in [0, 0.1) is 5.82 Å². The minimum Gasteiger partial charge on any atom is -0.495 e. The molecular weight excluding hydrogens is 264 g/mol. The number of benzene rings is 2. The number of nitrogens with zero attached hydrogens (tertiary/aromatic N) is 1. The molecule has 0 fully saturated rings. The van der Waals surface area contributed by atoms with Crippen molar-refractivity contribution in [2.45, 2.75) is 6.42 Å². The van der Waals surface area contributed by atoms with Crippen LogP contribution in [-0.4, -0.2) is 19.9 Å². The third kappa shape index (κ3) is 2.75. The van der Waals surface area contributed by atoms with Crippen molar-refractivity contribution >= 4 is 24.2 Å². The predicted molar refractivity (Wildman–Crippen MR) is 82.9 cm³/mol. The van der Waals surface area contributed by atoms with Crippen LogP contribution in [0.15, 0.2) is 48.7 Å². The Balaban J connectivity index is 1.98. The molecule has 0 saturated heterocycles. The number of halogens is 1. The van der Waals surface area contributed by atoms with Crippen LogP contribution in [0.4, 0.5) is 4.39 Å². The van der Waals surface area contributed by atoms with Gasteiger partial charge in [-0.3, -0.25) is 4.98 Å². The largest absolute Gasteiger partial charge is 0.495 e. The smallest absolute Gasteiger partial charge is 0.138 e. The lowest BCUT2D eigenvalue weighted by atomic mass is 9.93. The van der Waals surface area contributed by atoms with E-state index in [4.69, 9.17) is 12.6 Å². The summed E-state index contributed by atoms with van der Waals surface area (Å²) in [7, 11) is 7.46. The van der Waals surface area contributed by atoms with Gasteiger partial charge in [0.1, 0.15) is 24.9 Å². The molecule has 102 valence electrons. The standard InChI is InChI=1S/C17H13BFNO/c1-21-17-15(18)7-4-13-9-12(10-20-16(13)17)8-11-2-5-14(19)6-3-11/h2-7,9-10H,8H2,1H3. The second kappa shape index (κ2) is 5.56. The van der Waals surface area contributed by atoms with Gasteiger partial charge in [-0.05, 0) is 35.7 Å². The van der Waals surface area contributed by atoms with Crippen molar-refractivity contribution in [3.05, 3.63) is 65.6 Å². The van der Waals surface area contributed by atoms with Crippen LogP contribution >= 0.6 is 0 Å². The van der Waals surface area contributed by atoms with Gasteiger partial charge < -0.3 is 4.74 Å². The SMILES string of the molecule is [B]c1ccc2cc(Cc3ccc(F)cc3)cnc2c1OC. The summed E-state index contributed by atoms with van der Waals surface area (Å²) in [6.07, 6.45) is 2.50. The maximum absolute atomic E-state index is 12.9. The maximum Gasteiger partial charge on any atom is 0.138 e. The van der Waals surface area contributed by atoms with E-state index in [9.17, 15) is 4.39 Å². The van der Waals surface area contributed by atoms with Crippen LogP contribution in [0.1, 0.15) is 11.1 Å². The second-order valence-electron chi connectivity index (χ2n) is 4.91. The number of rotatable bonds is 3. The monoisotopic (exact) mass is 277 g/mol. The molecule has 0 aliphatic carbocycles. The topological polar surface area (TPSA) is 22.1 Å². The average Bonchev–Trinajstić information content (AvgIpc) is 2.50. The van der Waals surface area contributed by atoms with E-state index in [0.717, 1.165) is 22.0 Å². The molecule has 0 spiro atoms. The van der Waals surface area contributed by atoms with E-state index in [1.54, 1.807) is 25.4 Å². The molecule has 0 aliphatic heterocycles. The van der Waals surface area contributed by atoms with Crippen molar-refractivity contribution in [1.82, 2.24) is 4.98 Å². The summed E-state index contributed by atoms with van der Waals surface area (Å²) in [5, 5.41) is 0.973. The molecule has 2 nitrogen and oxygen atoms in total. The summed E-state index contributed by atoms with van der Waals surface area (Å²) < 4.78 is 18.2. The molecule has 4 heteroatoms. The van der Waals surface area contributed by atoms with Crippen LogP contribution in [-0.2, 0) is 6.42 Å². The molecule has 0 N–H and O–H groups in total. The van der Waals surface area contributed by atoms with Gasteiger partial charge in [-0.2, -0.15) is 0 Å². The first kappa shape index (κ1) is 13.6. The number of fused-ring (bicyclic) bond motifs is 1. The molecule has 1 heterocycles. The van der Waals surface area contributed by atoms with Gasteiger partial charge >= 0.3 is 0 Å². The van der Waals surface area contributed by atoms with E-state index >= 15 is 0 Å². The van der Waals surface area contributed by atoms with Crippen molar-refractivity contribution in [3.63, 3.8) is 0 Å². The third-order valence-electron chi connectivity index (χ3n) is 3.42. The first-order chi connectivity index (χ1) is 10.2. The maximum atomic E-state index is 12.9. The van der Waals surface area contributed by atoms with Gasteiger partial charge in [0.2, 0.25) is 0 Å². The van der Waals surface area contributed by atoms with Crippen molar-refractivity contribution in [3.8, 4) is 5.75 Å². The quantitative estimate of drug-likeness (QED) is 0.687. The molecule has 2 aromatic carbocycles. The van der Waals surface area contributed by atoms with Gasteiger partial charge in [0.15, 0.2) is 0 Å². The van der Waals surface area contributed by atoms with Gasteiger partial charge in [-0.1, -0.05) is 29.7 Å². The van der Waals surface area contributed by atoms with E-state index in [1.165, 1.54) is 12.1 Å². The molecule has 0 aliphatic rings. The van der Waals surface area contributed by atoms with Crippen molar-refractivity contribution in [1.29, 1.82) is 0 Å². The van der Waals surface area contributed by atoms with E-state index in [2.05, 4.69) is 4.98 Å². The lowest BCUT2D eigenvalue weighted by molar-refractivity contribution is 0.422. The van der Waals surface area contributed by atoms with Crippen LogP contribution in [0.3, 0.4) is 0 Å². The highest BCUT2D eigenvalue weighted by Crippen LogP contribution is 2.22. The Labute approximate surface area is 124 Å². The number of ether oxygens (including phenoxy) is 1. The van der Waals surface area contributed by atoms with Gasteiger partial charge in [-0.15, -0.1) is 0 Å². The Kier molecular flexibility index (Phi) is 3.61. The Morgan fingerprint density at radius 1 is 1.10 bits per heavy atom. The van der Waals surface area contributed by atoms with Crippen LogP contribution in [0.5, 0.6) is 5.75 Å². The number of hydrogen-bond acceptors (Lipinski definition) is 2. The number of pyridine rings is 1. The summed E-state index contributed by atoms with van der Waals surface area (Å²) in [5.41, 5.74) is 3.42. The molecular formula is C17H13BFNO. The third-order valence-corrected chi connectivity index (χ3v) is 3.42. The van der Waals surface area contributed by atoms with Gasteiger partial charge in [0.25, 0.3) is 0 Å². The molecule has 3 rings (SSSR count). The molecule has 0 atom stereocenters. The van der Waals surface area contributed by atoms with Gasteiger partial charge in [0.05, 0.1) is 7.11 Å². The van der Waals surface area contributed by atoms with Crippen LogP contribution < -0.4 is 10.2 Å². The summed E-state index contributed by atoms with van der Waals surface area (Å²) in [6, 6.07) is 12.3. The predicted octanol–water partition coefficient (Wildman–Crippen LogP) is 2.77. The fraction of sp³-hybridized carbons (Fsp3) is 0.118. The lowest BCUT2D eigenvalue weighted by Gasteiger charge is -2.10. The van der Waals surface area contributed by atoms with E-state index in [0.29, 0.717) is 17.6 Å². The number of hydrogen-bond donors (Lipinski definition) is 0. The zero-order valence-electron chi connectivity index (χ0n) is 11.6. The van der Waals surface area contributed by atoms with Gasteiger partial charge in [0, 0.05) is 11.6 Å². The Hall–Kier alpha value is -2.36. The Morgan fingerprint density at radius 3 is 2.57 bits per heavy atom. The van der Waals surface area contributed by atoms with Crippen molar-refractivity contribution < 1.29 is 9.13 Å². The normalized spacial score (nSPS) is 10.8. The fourth-order valence-corrected chi connectivity index (χ4v) is 2.39. The molecule has 0 saturated carbocycles. The zero-order chi connectivity index (χ0) is 14.8. The highest BCUT2D eigenvalue weighted by molar-refractivity contribution is 6.35. The summed E-state index contributed by atoms with van der Waals surface area (Å²) >= 11 is 0. The lowest BCUT2D eigenvalue weighted by Crippen LogP contribution is -2.08. The molecule has 0 unspecified atom stereocenters. The molecule has 3 aromatic rings. The van der Waals surface area contributed by atoms with Crippen LogP contribution in [0.25, 0.3) is 10.9 Å². The zero-order valence-corrected chi connectivity index (χ0v) is 11.6. The summed E-state index contributed by atoms with van der Waals surface area (Å²) in [4.78, 5) is 4.45. The molecule has 0 bridgehead atoms. The van der Waals surface area contributed by atoms with E-state index < -0.39 is 0 Å². The van der Waals surface area contributed by atoms with E-state index in [-0.39, 0.29) is 5.82 Å². The summed E-state index contributed by atoms with van der Waals surface area (Å²) in [6.45, 7) is 0. The van der Waals surface area contributed by atoms with Gasteiger partial charge in [-0.25, -0.2) is 4.39 Å². The minimum atomic E-state index is -0.226. The van der Waals surface area contributed by atoms with Crippen molar-refractivity contribution in [2.75, 3.05) is 7.11 Å². The Bertz CT molecular complexity index is 787. The number of methoxy groups -OCH3 is 1. The highest BCUT2D eigenvalue weighted by Gasteiger charge is 2.07. The molecule has 1 aromatic heterocycles. The number of aromatic nitrogens is 1. The summed E-state index contributed by atoms with van der Waals surface area (Å²) in [5.74, 6) is 0.372. The molecule has 2 radical (unpaired) electrons. The molecule has 21 heavy (non-hydrogen) atoms. The fourth-order valence-electron chi connectivity index (χ4n) is 2.39. The molecule has 0 amide bonds. The van der Waals surface area contributed by atoms with E-state index in [1.807, 2.05) is 18.2 Å². The Morgan fingerprint density at radius 2 is 1.86 bits per heavy atom. The second-order valence-corrected chi connectivity index (χ2v) is 4.91. The van der Waals surface area contributed by atoms with Crippen molar-refractivity contribution in [2.24, 2.45) is 0 Å². The first-order valence-corrected chi connectivity index (χ1v) is 6.63.